The third kappa shape index (κ3) is 8.18. The number of aliphatic hydroxyl groups excluding tert-OH is 1. The number of ketones is 1. The van der Waals surface area contributed by atoms with Gasteiger partial charge in [0.25, 0.3) is 0 Å². The number of unbranched alkanes of at least 4 members (excludes halogenated alkanes) is 1. The van der Waals surface area contributed by atoms with Crippen LogP contribution in [-0.4, -0.2) is 28.1 Å². The molecule has 0 aromatic heterocycles. The van der Waals surface area contributed by atoms with Crippen molar-refractivity contribution < 1.29 is 19.8 Å². The molecule has 2 N–H and O–H groups in total. The van der Waals surface area contributed by atoms with E-state index >= 15 is 0 Å². The molecule has 4 heteroatoms. The van der Waals surface area contributed by atoms with E-state index < -0.39 is 12.1 Å². The summed E-state index contributed by atoms with van der Waals surface area (Å²) in [5, 5.41) is 18.8. The number of rotatable bonds is 10. The third-order valence-electron chi connectivity index (χ3n) is 4.71. The van der Waals surface area contributed by atoms with Gasteiger partial charge in [0, 0.05) is 25.2 Å². The molecule has 0 heterocycles. The molecule has 0 aromatic rings. The summed E-state index contributed by atoms with van der Waals surface area (Å²) in [7, 11) is 0. The normalized spacial score (nSPS) is 22.9. The van der Waals surface area contributed by atoms with Crippen LogP contribution in [0.15, 0.2) is 24.3 Å². The maximum absolute atomic E-state index is 12.1. The molecule has 1 rings (SSSR count). The van der Waals surface area contributed by atoms with Gasteiger partial charge in [0.2, 0.25) is 0 Å². The zero-order chi connectivity index (χ0) is 18.7. The van der Waals surface area contributed by atoms with Crippen LogP contribution in [0.2, 0.25) is 0 Å². The topological polar surface area (TPSA) is 74.6 Å². The van der Waals surface area contributed by atoms with Crippen LogP contribution in [0.4, 0.5) is 0 Å². The average molecular weight is 346 g/mol. The van der Waals surface area contributed by atoms with Gasteiger partial charge in [0.05, 0.1) is 6.10 Å². The highest BCUT2D eigenvalue weighted by Crippen LogP contribution is 2.33. The highest BCUT2D eigenvalue weighted by molar-refractivity contribution is 5.83. The van der Waals surface area contributed by atoms with Gasteiger partial charge < -0.3 is 10.2 Å². The van der Waals surface area contributed by atoms with Gasteiger partial charge in [-0.15, -0.1) is 11.8 Å². The molecule has 1 fully saturated rings. The highest BCUT2D eigenvalue weighted by atomic mass is 16.4. The van der Waals surface area contributed by atoms with E-state index in [1.165, 1.54) is 0 Å². The maximum atomic E-state index is 12.1. The first-order chi connectivity index (χ1) is 12.0. The number of allylic oxidation sites excluding steroid dienone is 3. The lowest BCUT2D eigenvalue weighted by Crippen LogP contribution is -2.16. The van der Waals surface area contributed by atoms with Gasteiger partial charge in [-0.2, -0.15) is 0 Å². The van der Waals surface area contributed by atoms with Crippen molar-refractivity contribution in [2.75, 3.05) is 0 Å². The molecule has 0 bridgehead atoms. The van der Waals surface area contributed by atoms with Crippen LogP contribution in [0.25, 0.3) is 0 Å². The fraction of sp³-hybridized carbons (Fsp3) is 0.619. The predicted octanol–water partition coefficient (Wildman–Crippen LogP) is 3.75. The van der Waals surface area contributed by atoms with E-state index in [-0.39, 0.29) is 30.0 Å². The van der Waals surface area contributed by atoms with Crippen LogP contribution in [0, 0.1) is 29.6 Å². The van der Waals surface area contributed by atoms with E-state index in [1.54, 1.807) is 6.92 Å². The minimum Gasteiger partial charge on any atom is -0.481 e. The number of carboxylic acids is 1. The quantitative estimate of drug-likeness (QED) is 0.359. The number of hydrogen-bond donors (Lipinski definition) is 2. The molecule has 138 valence electrons. The molecule has 0 radical (unpaired) electrons. The highest BCUT2D eigenvalue weighted by Gasteiger charge is 2.31. The van der Waals surface area contributed by atoms with Gasteiger partial charge in [-0.25, -0.2) is 0 Å². The van der Waals surface area contributed by atoms with E-state index in [4.69, 9.17) is 5.11 Å². The zero-order valence-electron chi connectivity index (χ0n) is 15.3. The first-order valence-corrected chi connectivity index (χ1v) is 9.11. The third-order valence-corrected chi connectivity index (χ3v) is 4.71. The van der Waals surface area contributed by atoms with Crippen molar-refractivity contribution in [3.63, 3.8) is 0 Å². The van der Waals surface area contributed by atoms with Crippen LogP contribution in [0.1, 0.15) is 58.8 Å². The molecule has 0 aliphatic heterocycles. The maximum Gasteiger partial charge on any atom is 0.303 e. The Morgan fingerprint density at radius 2 is 2.16 bits per heavy atom. The van der Waals surface area contributed by atoms with Gasteiger partial charge >= 0.3 is 5.97 Å². The van der Waals surface area contributed by atoms with Gasteiger partial charge in [-0.1, -0.05) is 31.2 Å². The Balaban J connectivity index is 2.48. The summed E-state index contributed by atoms with van der Waals surface area (Å²) >= 11 is 0. The second-order valence-corrected chi connectivity index (χ2v) is 6.75. The van der Waals surface area contributed by atoms with Crippen molar-refractivity contribution in [1.82, 2.24) is 0 Å². The number of Topliss-reactive ketones (excluding diaryl/α,β-unsaturated/α-hetero) is 1. The number of carboxylic acid groups (broad SMARTS) is 1. The Kier molecular flexibility index (Phi) is 9.87. The Morgan fingerprint density at radius 1 is 1.40 bits per heavy atom. The largest absolute Gasteiger partial charge is 0.481 e. The molecule has 1 saturated carbocycles. The lowest BCUT2D eigenvalue weighted by Gasteiger charge is -2.16. The molecule has 1 aliphatic carbocycles. The van der Waals surface area contributed by atoms with Crippen molar-refractivity contribution in [3.8, 4) is 11.8 Å². The second kappa shape index (κ2) is 11.7. The van der Waals surface area contributed by atoms with Crippen LogP contribution < -0.4 is 0 Å². The first-order valence-electron chi connectivity index (χ1n) is 9.11. The summed E-state index contributed by atoms with van der Waals surface area (Å²) in [5.74, 6) is 5.55. The molecule has 1 aliphatic rings. The van der Waals surface area contributed by atoms with E-state index in [0.29, 0.717) is 25.7 Å². The Morgan fingerprint density at radius 3 is 2.84 bits per heavy atom. The van der Waals surface area contributed by atoms with Crippen molar-refractivity contribution in [3.05, 3.63) is 24.3 Å². The summed E-state index contributed by atoms with van der Waals surface area (Å²) < 4.78 is 0. The van der Waals surface area contributed by atoms with E-state index in [2.05, 4.69) is 11.8 Å². The van der Waals surface area contributed by atoms with Gasteiger partial charge in [-0.3, -0.25) is 9.59 Å². The van der Waals surface area contributed by atoms with Gasteiger partial charge in [-0.05, 0) is 44.4 Å². The Hall–Kier alpha value is -1.86. The molecule has 0 saturated heterocycles. The SMILES string of the molecule is CC#CCC(C)[C@H](O)C=C[C@H]1CCC(=O)[C@@H]1CC=CCCCC(=O)O. The lowest BCUT2D eigenvalue weighted by atomic mass is 9.90. The van der Waals surface area contributed by atoms with E-state index in [1.807, 2.05) is 31.2 Å². The van der Waals surface area contributed by atoms with Crippen LogP contribution >= 0.6 is 0 Å². The number of hydrogen-bond acceptors (Lipinski definition) is 3. The fourth-order valence-corrected chi connectivity index (χ4v) is 3.03. The fourth-order valence-electron chi connectivity index (χ4n) is 3.03. The summed E-state index contributed by atoms with van der Waals surface area (Å²) in [4.78, 5) is 22.5. The number of aliphatic hydroxyl groups is 1. The number of aliphatic carboxylic acids is 1. The summed E-state index contributed by atoms with van der Waals surface area (Å²) in [6.45, 7) is 3.76. The Labute approximate surface area is 151 Å². The van der Waals surface area contributed by atoms with Gasteiger partial charge in [0.15, 0.2) is 0 Å². The monoisotopic (exact) mass is 346 g/mol. The molecule has 1 unspecified atom stereocenters. The lowest BCUT2D eigenvalue weighted by molar-refractivity contribution is -0.137. The Bertz CT molecular complexity index is 550. The van der Waals surface area contributed by atoms with Gasteiger partial charge in [0.1, 0.15) is 5.78 Å². The van der Waals surface area contributed by atoms with E-state index in [9.17, 15) is 14.7 Å². The molecule has 0 amide bonds. The van der Waals surface area contributed by atoms with Crippen molar-refractivity contribution in [2.24, 2.45) is 17.8 Å². The molecular weight excluding hydrogens is 316 g/mol. The molecule has 4 nitrogen and oxygen atoms in total. The first kappa shape index (κ1) is 21.2. The van der Waals surface area contributed by atoms with Crippen LogP contribution in [0.3, 0.4) is 0 Å². The summed E-state index contributed by atoms with van der Waals surface area (Å²) in [6, 6.07) is 0. The summed E-state index contributed by atoms with van der Waals surface area (Å²) in [5.41, 5.74) is 0. The molecule has 0 aromatic carbocycles. The van der Waals surface area contributed by atoms with Crippen molar-refractivity contribution in [2.45, 2.75) is 64.9 Å². The minimum atomic E-state index is -0.776. The van der Waals surface area contributed by atoms with Crippen molar-refractivity contribution in [1.29, 1.82) is 0 Å². The summed E-state index contributed by atoms with van der Waals surface area (Å²) in [6.07, 6.45) is 11.5. The van der Waals surface area contributed by atoms with Crippen LogP contribution in [-0.2, 0) is 9.59 Å². The minimum absolute atomic E-state index is 0.0232. The zero-order valence-corrected chi connectivity index (χ0v) is 15.3. The van der Waals surface area contributed by atoms with E-state index in [0.717, 1.165) is 12.8 Å². The standard InChI is InChI=1S/C21H30O4/c1-3-4-9-16(2)19(22)14-12-17-13-15-20(23)18(17)10-7-5-6-8-11-21(24)25/h5,7,12,14,16-19,22H,6,8-11,13,15H2,1-2H3,(H,24,25)/t16?,17-,18+,19+/m0/s1. The molecule has 0 spiro atoms. The van der Waals surface area contributed by atoms with Crippen LogP contribution in [0.5, 0.6) is 0 Å². The smallest absolute Gasteiger partial charge is 0.303 e. The average Bonchev–Trinajstić information content (AvgIpc) is 2.93. The molecule has 4 atom stereocenters. The molecular formula is C21H30O4. The molecule has 25 heavy (non-hydrogen) atoms. The number of carbonyl (C=O) groups is 2. The van der Waals surface area contributed by atoms with Crippen molar-refractivity contribution >= 4 is 11.8 Å². The predicted molar refractivity (Wildman–Crippen MR) is 98.8 cm³/mol. The second-order valence-electron chi connectivity index (χ2n) is 6.75. The number of carbonyl (C=O) groups excluding carboxylic acids is 1.